The highest BCUT2D eigenvalue weighted by atomic mass is 32.1. The third-order valence-electron chi connectivity index (χ3n) is 1.84. The number of nitrogens with zero attached hydrogens (tertiary/aromatic N) is 2. The SMILES string of the molecule is O=C(NOCc1ccccc1)c1csnn1. The number of aromatic nitrogens is 2. The fourth-order valence-electron chi connectivity index (χ4n) is 1.08. The lowest BCUT2D eigenvalue weighted by atomic mass is 10.2. The summed E-state index contributed by atoms with van der Waals surface area (Å²) in [6.45, 7) is 0.324. The quantitative estimate of drug-likeness (QED) is 0.813. The van der Waals surface area contributed by atoms with Crippen LogP contribution < -0.4 is 5.48 Å². The highest BCUT2D eigenvalue weighted by Gasteiger charge is 2.07. The van der Waals surface area contributed by atoms with E-state index in [2.05, 4.69) is 15.1 Å². The van der Waals surface area contributed by atoms with E-state index in [1.54, 1.807) is 5.38 Å². The van der Waals surface area contributed by atoms with Crippen LogP contribution >= 0.6 is 11.5 Å². The van der Waals surface area contributed by atoms with E-state index < -0.39 is 0 Å². The summed E-state index contributed by atoms with van der Waals surface area (Å²) in [6, 6.07) is 9.56. The molecular weight excluding hydrogens is 226 g/mol. The molecule has 1 N–H and O–H groups in total. The Morgan fingerprint density at radius 2 is 2.19 bits per heavy atom. The number of rotatable bonds is 4. The highest BCUT2D eigenvalue weighted by Crippen LogP contribution is 2.00. The lowest BCUT2D eigenvalue weighted by Crippen LogP contribution is -2.23. The zero-order valence-electron chi connectivity index (χ0n) is 8.29. The molecule has 0 fully saturated rings. The summed E-state index contributed by atoms with van der Waals surface area (Å²) in [5.41, 5.74) is 3.55. The Morgan fingerprint density at radius 3 is 2.88 bits per heavy atom. The molecule has 0 atom stereocenters. The molecule has 2 rings (SSSR count). The molecular formula is C10H9N3O2S. The number of carbonyl (C=O) groups is 1. The van der Waals surface area contributed by atoms with Crippen LogP contribution in [0.4, 0.5) is 0 Å². The van der Waals surface area contributed by atoms with Crippen molar-refractivity contribution < 1.29 is 9.63 Å². The van der Waals surface area contributed by atoms with Crippen molar-refractivity contribution in [1.29, 1.82) is 0 Å². The molecule has 16 heavy (non-hydrogen) atoms. The van der Waals surface area contributed by atoms with Gasteiger partial charge in [-0.05, 0) is 17.1 Å². The minimum atomic E-state index is -0.385. The number of hydroxylamine groups is 1. The van der Waals surface area contributed by atoms with Crippen molar-refractivity contribution >= 4 is 17.4 Å². The van der Waals surface area contributed by atoms with Crippen LogP contribution in [0.2, 0.25) is 0 Å². The lowest BCUT2D eigenvalue weighted by molar-refractivity contribution is 0.0229. The highest BCUT2D eigenvalue weighted by molar-refractivity contribution is 7.03. The molecule has 5 nitrogen and oxygen atoms in total. The maximum absolute atomic E-state index is 11.4. The van der Waals surface area contributed by atoms with Gasteiger partial charge < -0.3 is 0 Å². The van der Waals surface area contributed by atoms with Gasteiger partial charge in [0.05, 0.1) is 6.61 Å². The van der Waals surface area contributed by atoms with Crippen LogP contribution in [-0.4, -0.2) is 15.5 Å². The molecule has 1 aromatic heterocycles. The molecule has 82 valence electrons. The van der Waals surface area contributed by atoms with Crippen LogP contribution in [0, 0.1) is 0 Å². The second-order valence-corrected chi connectivity index (χ2v) is 3.61. The van der Waals surface area contributed by atoms with Gasteiger partial charge in [0.25, 0.3) is 5.91 Å². The van der Waals surface area contributed by atoms with Crippen molar-refractivity contribution in [3.63, 3.8) is 0 Å². The normalized spacial score (nSPS) is 10.0. The molecule has 0 spiro atoms. The Kier molecular flexibility index (Phi) is 3.58. The Morgan fingerprint density at radius 1 is 1.38 bits per heavy atom. The first-order valence-corrected chi connectivity index (χ1v) is 5.43. The van der Waals surface area contributed by atoms with Crippen molar-refractivity contribution in [2.75, 3.05) is 0 Å². The van der Waals surface area contributed by atoms with Crippen molar-refractivity contribution in [3.05, 3.63) is 47.0 Å². The molecule has 6 heteroatoms. The Hall–Kier alpha value is -1.79. The van der Waals surface area contributed by atoms with Gasteiger partial charge >= 0.3 is 0 Å². The van der Waals surface area contributed by atoms with E-state index in [9.17, 15) is 4.79 Å². The van der Waals surface area contributed by atoms with Gasteiger partial charge in [-0.3, -0.25) is 9.63 Å². The maximum atomic E-state index is 11.4. The minimum absolute atomic E-state index is 0.262. The first kappa shape index (κ1) is 10.7. The molecule has 0 aliphatic rings. The number of benzene rings is 1. The average Bonchev–Trinajstić information content (AvgIpc) is 2.84. The van der Waals surface area contributed by atoms with Crippen LogP contribution in [0.25, 0.3) is 0 Å². The van der Waals surface area contributed by atoms with E-state index in [-0.39, 0.29) is 11.6 Å². The second-order valence-electron chi connectivity index (χ2n) is 3.00. The molecule has 0 aliphatic carbocycles. The van der Waals surface area contributed by atoms with E-state index in [0.717, 1.165) is 17.1 Å². The van der Waals surface area contributed by atoms with Crippen LogP contribution in [-0.2, 0) is 11.4 Å². The number of nitrogens with one attached hydrogen (secondary N) is 1. The summed E-state index contributed by atoms with van der Waals surface area (Å²) in [7, 11) is 0. The van der Waals surface area contributed by atoms with Crippen molar-refractivity contribution in [2.45, 2.75) is 6.61 Å². The fraction of sp³-hybridized carbons (Fsp3) is 0.100. The minimum Gasteiger partial charge on any atom is -0.269 e. The first-order chi connectivity index (χ1) is 7.86. The summed E-state index contributed by atoms with van der Waals surface area (Å²) < 4.78 is 3.58. The van der Waals surface area contributed by atoms with Gasteiger partial charge in [0.2, 0.25) is 0 Å². The monoisotopic (exact) mass is 235 g/mol. The molecule has 0 saturated carbocycles. The van der Waals surface area contributed by atoms with Crippen LogP contribution in [0.15, 0.2) is 35.7 Å². The second kappa shape index (κ2) is 5.34. The van der Waals surface area contributed by atoms with Crippen molar-refractivity contribution in [3.8, 4) is 0 Å². The molecule has 0 bridgehead atoms. The fourth-order valence-corrected chi connectivity index (χ4v) is 1.51. The zero-order chi connectivity index (χ0) is 11.2. The molecule has 0 unspecified atom stereocenters. The molecule has 0 aliphatic heterocycles. The van der Waals surface area contributed by atoms with E-state index in [4.69, 9.17) is 4.84 Å². The summed E-state index contributed by atoms with van der Waals surface area (Å²) in [6.07, 6.45) is 0. The number of hydrogen-bond donors (Lipinski definition) is 1. The van der Waals surface area contributed by atoms with Gasteiger partial charge in [0.15, 0.2) is 5.69 Å². The molecule has 1 aromatic carbocycles. The predicted octanol–water partition coefficient (Wildman–Crippen LogP) is 1.40. The summed E-state index contributed by atoms with van der Waals surface area (Å²) in [5, 5.41) is 5.18. The Balaban J connectivity index is 1.79. The Labute approximate surface area is 96.2 Å². The lowest BCUT2D eigenvalue weighted by Gasteiger charge is -2.03. The largest absolute Gasteiger partial charge is 0.296 e. The van der Waals surface area contributed by atoms with E-state index >= 15 is 0 Å². The third kappa shape index (κ3) is 2.85. The summed E-state index contributed by atoms with van der Waals surface area (Å²) >= 11 is 1.12. The van der Waals surface area contributed by atoms with Crippen LogP contribution in [0.5, 0.6) is 0 Å². The third-order valence-corrected chi connectivity index (χ3v) is 2.34. The molecule has 0 saturated heterocycles. The zero-order valence-corrected chi connectivity index (χ0v) is 9.11. The topological polar surface area (TPSA) is 64.1 Å². The predicted molar refractivity (Wildman–Crippen MR) is 58.6 cm³/mol. The van der Waals surface area contributed by atoms with Gasteiger partial charge in [-0.25, -0.2) is 5.48 Å². The molecule has 0 radical (unpaired) electrons. The Bertz CT molecular complexity index is 444. The number of hydrogen-bond acceptors (Lipinski definition) is 5. The smallest absolute Gasteiger partial charge is 0.269 e. The van der Waals surface area contributed by atoms with Crippen LogP contribution in [0.3, 0.4) is 0 Å². The maximum Gasteiger partial charge on any atom is 0.296 e. The van der Waals surface area contributed by atoms with Gasteiger partial charge in [-0.1, -0.05) is 34.8 Å². The van der Waals surface area contributed by atoms with Gasteiger partial charge in [-0.2, -0.15) is 0 Å². The first-order valence-electron chi connectivity index (χ1n) is 4.59. The van der Waals surface area contributed by atoms with Gasteiger partial charge in [0, 0.05) is 5.38 Å². The van der Waals surface area contributed by atoms with E-state index in [1.165, 1.54) is 0 Å². The van der Waals surface area contributed by atoms with Gasteiger partial charge in [0.1, 0.15) is 0 Å². The van der Waals surface area contributed by atoms with E-state index in [0.29, 0.717) is 6.61 Å². The summed E-state index contributed by atoms with van der Waals surface area (Å²) in [5.74, 6) is -0.385. The van der Waals surface area contributed by atoms with Crippen LogP contribution in [0.1, 0.15) is 16.1 Å². The standard InChI is InChI=1S/C10H9N3O2S/c14-10(9-7-16-13-11-9)12-15-6-8-4-2-1-3-5-8/h1-5,7H,6H2,(H,12,14). The molecule has 1 amide bonds. The number of carbonyl (C=O) groups excluding carboxylic acids is 1. The number of amides is 1. The van der Waals surface area contributed by atoms with Gasteiger partial charge in [-0.15, -0.1) is 5.10 Å². The van der Waals surface area contributed by atoms with E-state index in [1.807, 2.05) is 30.3 Å². The van der Waals surface area contributed by atoms with Crippen molar-refractivity contribution in [2.24, 2.45) is 0 Å². The van der Waals surface area contributed by atoms with Crippen molar-refractivity contribution in [1.82, 2.24) is 15.1 Å². The molecule has 2 aromatic rings. The summed E-state index contributed by atoms with van der Waals surface area (Å²) in [4.78, 5) is 16.4. The average molecular weight is 235 g/mol. The molecule has 1 heterocycles.